The zero-order chi connectivity index (χ0) is 29.0. The van der Waals surface area contributed by atoms with Crippen LogP contribution in [0, 0.1) is 11.8 Å². The lowest BCUT2D eigenvalue weighted by atomic mass is 9.79. The number of methoxy groups -OCH3 is 1. The second kappa shape index (κ2) is 12.1. The van der Waals surface area contributed by atoms with Crippen LogP contribution < -0.4 is 16.0 Å². The molecular weight excluding hydrogens is 535 g/mol. The summed E-state index contributed by atoms with van der Waals surface area (Å²) in [5, 5.41) is 18.3. The molecule has 3 atom stereocenters. The molecule has 0 aromatic carbocycles. The summed E-state index contributed by atoms with van der Waals surface area (Å²) < 4.78 is 46.1. The molecule has 1 aliphatic carbocycles. The molecule has 4 rings (SSSR count). The molecule has 2 aromatic heterocycles. The maximum atomic E-state index is 13.5. The van der Waals surface area contributed by atoms with Crippen molar-refractivity contribution in [2.75, 3.05) is 25.6 Å². The number of nitrogens with zero attached hydrogens (tertiary/aromatic N) is 6. The largest absolute Gasteiger partial charge is 0.410 e. The lowest BCUT2D eigenvalue weighted by molar-refractivity contribution is -0.150. The summed E-state index contributed by atoms with van der Waals surface area (Å²) in [7, 11) is 2.88. The predicted octanol–water partition coefficient (Wildman–Crippen LogP) is 1.81. The molecule has 0 spiro atoms. The highest BCUT2D eigenvalue weighted by Gasteiger charge is 2.48. The zero-order valence-electron chi connectivity index (χ0n) is 22.3. The minimum atomic E-state index is -4.60. The van der Waals surface area contributed by atoms with Crippen molar-refractivity contribution < 1.29 is 32.3 Å². The van der Waals surface area contributed by atoms with E-state index in [1.54, 1.807) is 0 Å². The molecule has 13 nitrogen and oxygen atoms in total. The Morgan fingerprint density at radius 3 is 2.58 bits per heavy atom. The third-order valence-electron chi connectivity index (χ3n) is 7.38. The number of anilines is 1. The van der Waals surface area contributed by atoms with Crippen molar-refractivity contribution in [2.45, 2.75) is 56.9 Å². The molecule has 1 aliphatic heterocycles. The van der Waals surface area contributed by atoms with E-state index in [0.29, 0.717) is 11.5 Å². The van der Waals surface area contributed by atoms with Crippen LogP contribution in [0.25, 0.3) is 0 Å². The van der Waals surface area contributed by atoms with Gasteiger partial charge in [0.2, 0.25) is 11.7 Å². The Kier molecular flexibility index (Phi) is 8.85. The lowest BCUT2D eigenvalue weighted by Gasteiger charge is -2.32. The number of hydrogen-bond acceptors (Lipinski definition) is 8. The molecule has 3 N–H and O–H groups in total. The van der Waals surface area contributed by atoms with Gasteiger partial charge in [0.1, 0.15) is 17.9 Å². The van der Waals surface area contributed by atoms with Gasteiger partial charge in [-0.3, -0.25) is 9.59 Å². The van der Waals surface area contributed by atoms with Crippen molar-refractivity contribution in [3.8, 4) is 0 Å². The van der Waals surface area contributed by atoms with Crippen LogP contribution in [0.2, 0.25) is 0 Å². The summed E-state index contributed by atoms with van der Waals surface area (Å²) in [5.74, 6) is -0.683. The molecule has 1 saturated carbocycles. The van der Waals surface area contributed by atoms with E-state index in [4.69, 9.17) is 4.74 Å². The Labute approximate surface area is 228 Å². The third kappa shape index (κ3) is 6.66. The standard InChI is InChI=1S/C24H32F3N9O4/c1-13-4-6-14(7-5-13)19(31-22(38)20-32-33-34-35(20)2)21(37)30-18-10-15(8-9-28-18)16(12-40-3)36-11-17(24(25,26)27)29-23(36)39/h8-10,13-14,16-17,19H,4-7,11-12H2,1-3H3,(H,29,39)(H,31,38)(H,28,30,37)/t13?,14?,16?,17-,19?/m0/s1. The summed E-state index contributed by atoms with van der Waals surface area (Å²) in [5.41, 5.74) is 0.419. The average molecular weight is 568 g/mol. The molecule has 218 valence electrons. The SMILES string of the molecule is COCC(c1ccnc(NC(=O)C(NC(=O)c2nnnn2C)C2CCC(C)CC2)c1)N1C[C@@H](C(F)(F)F)NC1=O. The number of amides is 4. The van der Waals surface area contributed by atoms with Crippen LogP contribution >= 0.6 is 0 Å². The second-order valence-corrected chi connectivity index (χ2v) is 10.2. The van der Waals surface area contributed by atoms with E-state index in [1.165, 1.54) is 37.2 Å². The first-order valence-corrected chi connectivity index (χ1v) is 12.9. The van der Waals surface area contributed by atoms with Gasteiger partial charge in [0.15, 0.2) is 0 Å². The number of alkyl halides is 3. The second-order valence-electron chi connectivity index (χ2n) is 10.2. The monoisotopic (exact) mass is 567 g/mol. The molecule has 2 unspecified atom stereocenters. The molecule has 4 amide bonds. The van der Waals surface area contributed by atoms with Crippen molar-refractivity contribution in [3.63, 3.8) is 0 Å². The first kappa shape index (κ1) is 29.2. The fourth-order valence-corrected chi connectivity index (χ4v) is 5.11. The fraction of sp³-hybridized carbons (Fsp3) is 0.625. The number of halogens is 3. The van der Waals surface area contributed by atoms with E-state index in [-0.39, 0.29) is 24.2 Å². The highest BCUT2D eigenvalue weighted by atomic mass is 19.4. The smallest absolute Gasteiger partial charge is 0.382 e. The predicted molar refractivity (Wildman–Crippen MR) is 134 cm³/mol. The first-order chi connectivity index (χ1) is 19.0. The first-order valence-electron chi connectivity index (χ1n) is 12.9. The molecule has 3 heterocycles. The zero-order valence-corrected chi connectivity index (χ0v) is 22.3. The molecule has 2 aromatic rings. The van der Waals surface area contributed by atoms with Crippen LogP contribution in [-0.2, 0) is 16.6 Å². The van der Waals surface area contributed by atoms with Crippen molar-refractivity contribution in [1.82, 2.24) is 40.7 Å². The van der Waals surface area contributed by atoms with Crippen molar-refractivity contribution >= 4 is 23.7 Å². The normalized spacial score (nSPS) is 22.9. The molecule has 0 radical (unpaired) electrons. The van der Waals surface area contributed by atoms with Crippen LogP contribution in [0.1, 0.15) is 54.8 Å². The number of rotatable bonds is 9. The van der Waals surface area contributed by atoms with Gasteiger partial charge in [-0.1, -0.05) is 19.8 Å². The van der Waals surface area contributed by atoms with Gasteiger partial charge in [0, 0.05) is 20.4 Å². The van der Waals surface area contributed by atoms with E-state index in [0.717, 1.165) is 30.6 Å². The van der Waals surface area contributed by atoms with E-state index < -0.39 is 48.7 Å². The number of tetrazole rings is 1. The molecule has 0 bridgehead atoms. The minimum Gasteiger partial charge on any atom is -0.382 e. The van der Waals surface area contributed by atoms with Crippen LogP contribution in [-0.4, -0.2) is 86.5 Å². The number of nitrogens with one attached hydrogen (secondary N) is 3. The topological polar surface area (TPSA) is 156 Å². The number of aromatic nitrogens is 5. The minimum absolute atomic E-state index is 0.0504. The van der Waals surface area contributed by atoms with Gasteiger partial charge in [-0.15, -0.1) is 5.10 Å². The van der Waals surface area contributed by atoms with Gasteiger partial charge in [0.05, 0.1) is 19.2 Å². The van der Waals surface area contributed by atoms with E-state index in [9.17, 15) is 27.6 Å². The average Bonchev–Trinajstić information content (AvgIpc) is 3.52. The lowest BCUT2D eigenvalue weighted by Crippen LogP contribution is -2.50. The van der Waals surface area contributed by atoms with E-state index in [1.807, 2.05) is 5.32 Å². The van der Waals surface area contributed by atoms with Crippen LogP contribution in [0.4, 0.5) is 23.8 Å². The molecule has 1 saturated heterocycles. The van der Waals surface area contributed by atoms with Crippen LogP contribution in [0.5, 0.6) is 0 Å². The Morgan fingerprint density at radius 1 is 1.25 bits per heavy atom. The number of pyridine rings is 1. The summed E-state index contributed by atoms with van der Waals surface area (Å²) in [6, 6.07) is -1.64. The van der Waals surface area contributed by atoms with Gasteiger partial charge >= 0.3 is 12.2 Å². The Hall–Kier alpha value is -3.82. The number of carbonyl (C=O) groups is 3. The summed E-state index contributed by atoms with van der Waals surface area (Å²) in [6.45, 7) is 1.46. The van der Waals surface area contributed by atoms with E-state index >= 15 is 0 Å². The Morgan fingerprint density at radius 2 is 1.98 bits per heavy atom. The van der Waals surface area contributed by atoms with Gasteiger partial charge < -0.3 is 25.6 Å². The van der Waals surface area contributed by atoms with E-state index in [2.05, 4.69) is 38.1 Å². The highest BCUT2D eigenvalue weighted by Crippen LogP contribution is 2.32. The Balaban J connectivity index is 1.53. The molecule has 16 heteroatoms. The Bertz CT molecular complexity index is 1220. The highest BCUT2D eigenvalue weighted by molar-refractivity contribution is 5.99. The maximum absolute atomic E-state index is 13.5. The third-order valence-corrected chi connectivity index (χ3v) is 7.38. The van der Waals surface area contributed by atoms with Gasteiger partial charge in [-0.05, 0) is 52.8 Å². The summed E-state index contributed by atoms with van der Waals surface area (Å²) in [6.07, 6.45) is 0.0355. The van der Waals surface area contributed by atoms with Crippen LogP contribution in [0.3, 0.4) is 0 Å². The maximum Gasteiger partial charge on any atom is 0.410 e. The number of carbonyl (C=O) groups excluding carboxylic acids is 3. The number of hydrogen-bond donors (Lipinski definition) is 3. The van der Waals surface area contributed by atoms with Crippen LogP contribution in [0.15, 0.2) is 18.3 Å². The number of aryl methyl sites for hydroxylation is 1. The summed E-state index contributed by atoms with van der Waals surface area (Å²) >= 11 is 0. The number of urea groups is 1. The molecule has 2 aliphatic rings. The fourth-order valence-electron chi connectivity index (χ4n) is 5.11. The van der Waals surface area contributed by atoms with Crippen molar-refractivity contribution in [1.29, 1.82) is 0 Å². The summed E-state index contributed by atoms with van der Waals surface area (Å²) in [4.78, 5) is 44.0. The quantitative estimate of drug-likeness (QED) is 0.414. The molecule has 2 fully saturated rings. The molecular formula is C24H32F3N9O4. The van der Waals surface area contributed by atoms with Crippen molar-refractivity contribution in [3.05, 3.63) is 29.7 Å². The van der Waals surface area contributed by atoms with Crippen molar-refractivity contribution in [2.24, 2.45) is 18.9 Å². The molecule has 40 heavy (non-hydrogen) atoms. The van der Waals surface area contributed by atoms with Gasteiger partial charge in [-0.2, -0.15) is 13.2 Å². The van der Waals surface area contributed by atoms with Gasteiger partial charge in [-0.25, -0.2) is 14.5 Å². The number of ether oxygens (including phenoxy) is 1. The van der Waals surface area contributed by atoms with Gasteiger partial charge in [0.25, 0.3) is 5.91 Å².